The fraction of sp³-hybridized carbons (Fsp3) is 0.722. The smallest absolute Gasteiger partial charge is 0.318 e. The number of anilines is 1. The van der Waals surface area contributed by atoms with Gasteiger partial charge >= 0.3 is 12.0 Å². The zero-order valence-corrected chi connectivity index (χ0v) is 15.3. The molecule has 0 unspecified atom stereocenters. The maximum atomic E-state index is 12.2. The predicted molar refractivity (Wildman–Crippen MR) is 97.1 cm³/mol. The number of nitrogens with one attached hydrogen (secondary N) is 2. The molecule has 2 fully saturated rings. The van der Waals surface area contributed by atoms with Gasteiger partial charge < -0.3 is 20.3 Å². The molecule has 3 rings (SSSR count). The minimum atomic E-state index is -0.00935. The number of rotatable bonds is 4. The molecule has 25 heavy (non-hydrogen) atoms. The van der Waals surface area contributed by atoms with Crippen molar-refractivity contribution in [2.24, 2.45) is 0 Å². The molecule has 2 N–H and O–H groups in total. The van der Waals surface area contributed by atoms with Crippen LogP contribution in [-0.4, -0.2) is 48.3 Å². The van der Waals surface area contributed by atoms with E-state index in [-0.39, 0.29) is 12.1 Å². The van der Waals surface area contributed by atoms with Gasteiger partial charge in [0, 0.05) is 36.9 Å². The monoisotopic (exact) mass is 347 g/mol. The first-order valence-corrected chi connectivity index (χ1v) is 9.35. The zero-order valence-electron chi connectivity index (χ0n) is 15.3. The van der Waals surface area contributed by atoms with Crippen LogP contribution in [0.2, 0.25) is 0 Å². The van der Waals surface area contributed by atoms with Crippen LogP contribution >= 0.6 is 0 Å². The molecule has 7 nitrogen and oxygen atoms in total. The second-order valence-electron chi connectivity index (χ2n) is 7.07. The van der Waals surface area contributed by atoms with E-state index in [0.29, 0.717) is 12.1 Å². The van der Waals surface area contributed by atoms with Crippen LogP contribution in [0, 0.1) is 6.92 Å². The molecule has 1 saturated heterocycles. The van der Waals surface area contributed by atoms with Crippen molar-refractivity contribution in [2.45, 2.75) is 64.0 Å². The van der Waals surface area contributed by atoms with Gasteiger partial charge in [-0.3, -0.25) is 0 Å². The minimum Gasteiger partial charge on any atom is -0.467 e. The Balaban J connectivity index is 1.46. The van der Waals surface area contributed by atoms with E-state index in [1.807, 2.05) is 13.0 Å². The van der Waals surface area contributed by atoms with E-state index in [1.54, 1.807) is 7.11 Å². The molecule has 0 atom stereocenters. The average Bonchev–Trinajstić information content (AvgIpc) is 2.62. The van der Waals surface area contributed by atoms with Crippen LogP contribution in [0.25, 0.3) is 0 Å². The number of ether oxygens (including phenoxy) is 1. The number of piperidine rings is 1. The Morgan fingerprint density at radius 1 is 1.08 bits per heavy atom. The molecule has 1 aromatic rings. The number of methoxy groups -OCH3 is 1. The first kappa shape index (κ1) is 17.8. The normalized spacial score (nSPS) is 19.5. The molecule has 1 aliphatic carbocycles. The summed E-state index contributed by atoms with van der Waals surface area (Å²) in [5.74, 6) is 0.898. The first-order chi connectivity index (χ1) is 12.1. The summed E-state index contributed by atoms with van der Waals surface area (Å²) in [5, 5.41) is 6.27. The Morgan fingerprint density at radius 2 is 1.72 bits per heavy atom. The number of hydrogen-bond donors (Lipinski definition) is 2. The third kappa shape index (κ3) is 4.96. The van der Waals surface area contributed by atoms with E-state index < -0.39 is 0 Å². The average molecular weight is 347 g/mol. The molecule has 138 valence electrons. The Bertz CT molecular complexity index is 581. The number of hydrogen-bond acceptors (Lipinski definition) is 5. The van der Waals surface area contributed by atoms with Crippen LogP contribution < -0.4 is 20.3 Å². The number of aromatic nitrogens is 2. The molecule has 1 aromatic heterocycles. The van der Waals surface area contributed by atoms with Crippen molar-refractivity contribution in [3.63, 3.8) is 0 Å². The number of nitrogens with zero attached hydrogens (tertiary/aromatic N) is 3. The fourth-order valence-corrected chi connectivity index (χ4v) is 3.69. The van der Waals surface area contributed by atoms with E-state index in [4.69, 9.17) is 4.74 Å². The summed E-state index contributed by atoms with van der Waals surface area (Å²) in [7, 11) is 1.58. The number of carbonyl (C=O) groups is 1. The number of carbonyl (C=O) groups excluding carboxylic acids is 1. The summed E-state index contributed by atoms with van der Waals surface area (Å²) in [6.07, 6.45) is 7.82. The number of urea groups is 1. The van der Waals surface area contributed by atoms with E-state index in [0.717, 1.165) is 50.3 Å². The summed E-state index contributed by atoms with van der Waals surface area (Å²) < 4.78 is 5.16. The van der Waals surface area contributed by atoms with Crippen molar-refractivity contribution in [2.75, 3.05) is 25.1 Å². The van der Waals surface area contributed by atoms with Gasteiger partial charge in [-0.2, -0.15) is 4.98 Å². The highest BCUT2D eigenvalue weighted by Gasteiger charge is 2.23. The van der Waals surface area contributed by atoms with Crippen LogP contribution in [0.1, 0.15) is 50.6 Å². The molecule has 0 spiro atoms. The molecule has 0 bridgehead atoms. The first-order valence-electron chi connectivity index (χ1n) is 9.35. The summed E-state index contributed by atoms with van der Waals surface area (Å²) in [5.41, 5.74) is 0.897. The maximum absolute atomic E-state index is 12.2. The highest BCUT2D eigenvalue weighted by molar-refractivity contribution is 5.74. The Hall–Kier alpha value is -2.05. The lowest BCUT2D eigenvalue weighted by atomic mass is 9.96. The zero-order chi connectivity index (χ0) is 17.6. The third-order valence-corrected chi connectivity index (χ3v) is 5.10. The summed E-state index contributed by atoms with van der Waals surface area (Å²) >= 11 is 0. The Labute approximate surface area is 149 Å². The van der Waals surface area contributed by atoms with Gasteiger partial charge in [-0.05, 0) is 32.6 Å². The van der Waals surface area contributed by atoms with E-state index in [9.17, 15) is 4.79 Å². The lowest BCUT2D eigenvalue weighted by Gasteiger charge is -2.33. The summed E-state index contributed by atoms with van der Waals surface area (Å²) in [4.78, 5) is 23.1. The second kappa shape index (κ2) is 8.36. The topological polar surface area (TPSA) is 79.4 Å². The molecular weight excluding hydrogens is 318 g/mol. The molecule has 1 aliphatic heterocycles. The highest BCUT2D eigenvalue weighted by Crippen LogP contribution is 2.21. The number of aryl methyl sites for hydroxylation is 1. The maximum Gasteiger partial charge on any atom is 0.318 e. The molecule has 0 aromatic carbocycles. The van der Waals surface area contributed by atoms with Gasteiger partial charge in [0.25, 0.3) is 0 Å². The van der Waals surface area contributed by atoms with Gasteiger partial charge in [-0.15, -0.1) is 0 Å². The van der Waals surface area contributed by atoms with Gasteiger partial charge in [0.15, 0.2) is 0 Å². The van der Waals surface area contributed by atoms with Gasteiger partial charge in [-0.1, -0.05) is 19.3 Å². The van der Waals surface area contributed by atoms with Gasteiger partial charge in [0.1, 0.15) is 5.82 Å². The summed E-state index contributed by atoms with van der Waals surface area (Å²) in [6, 6.07) is 2.95. The third-order valence-electron chi connectivity index (χ3n) is 5.10. The van der Waals surface area contributed by atoms with Crippen LogP contribution in [-0.2, 0) is 0 Å². The molecule has 1 saturated carbocycles. The van der Waals surface area contributed by atoms with Crippen LogP contribution in [0.15, 0.2) is 6.07 Å². The summed E-state index contributed by atoms with van der Waals surface area (Å²) in [6.45, 7) is 3.68. The molecule has 2 aliphatic rings. The van der Waals surface area contributed by atoms with Crippen molar-refractivity contribution < 1.29 is 9.53 Å². The highest BCUT2D eigenvalue weighted by atomic mass is 16.5. The lowest BCUT2D eigenvalue weighted by Crippen LogP contribution is -2.50. The molecule has 2 amide bonds. The standard InChI is InChI=1S/C18H29N5O2/c1-13-12-16(22-18(19-13)25-2)23-10-8-15(9-11-23)21-17(24)20-14-6-4-3-5-7-14/h12,14-15H,3-11H2,1-2H3,(H2,20,21,24). The van der Waals surface area contributed by atoms with Crippen molar-refractivity contribution in [1.82, 2.24) is 20.6 Å². The molecule has 2 heterocycles. The van der Waals surface area contributed by atoms with Crippen molar-refractivity contribution in [3.05, 3.63) is 11.8 Å². The molecule has 7 heteroatoms. The SMILES string of the molecule is COc1nc(C)cc(N2CCC(NC(=O)NC3CCCCC3)CC2)n1. The largest absolute Gasteiger partial charge is 0.467 e. The quantitative estimate of drug-likeness (QED) is 0.874. The van der Waals surface area contributed by atoms with E-state index in [1.165, 1.54) is 19.3 Å². The number of amides is 2. The van der Waals surface area contributed by atoms with Crippen LogP contribution in [0.5, 0.6) is 6.01 Å². The second-order valence-corrected chi connectivity index (χ2v) is 7.07. The van der Waals surface area contributed by atoms with E-state index in [2.05, 4.69) is 25.5 Å². The van der Waals surface area contributed by atoms with Gasteiger partial charge in [-0.25, -0.2) is 9.78 Å². The van der Waals surface area contributed by atoms with Gasteiger partial charge in [0.05, 0.1) is 7.11 Å². The lowest BCUT2D eigenvalue weighted by molar-refractivity contribution is 0.226. The van der Waals surface area contributed by atoms with Crippen LogP contribution in [0.3, 0.4) is 0 Å². The van der Waals surface area contributed by atoms with Crippen molar-refractivity contribution >= 4 is 11.8 Å². The molecule has 0 radical (unpaired) electrons. The van der Waals surface area contributed by atoms with Gasteiger partial charge in [0.2, 0.25) is 0 Å². The van der Waals surface area contributed by atoms with Crippen molar-refractivity contribution in [3.8, 4) is 6.01 Å². The molecular formula is C18H29N5O2. The minimum absolute atomic E-state index is 0.00935. The Morgan fingerprint density at radius 3 is 2.36 bits per heavy atom. The Kier molecular flexibility index (Phi) is 5.94. The van der Waals surface area contributed by atoms with Crippen LogP contribution in [0.4, 0.5) is 10.6 Å². The van der Waals surface area contributed by atoms with E-state index >= 15 is 0 Å². The fourth-order valence-electron chi connectivity index (χ4n) is 3.69. The van der Waals surface area contributed by atoms with Crippen molar-refractivity contribution in [1.29, 1.82) is 0 Å². The predicted octanol–water partition coefficient (Wildman–Crippen LogP) is 2.39.